The minimum atomic E-state index is -0.213. The molecule has 0 aliphatic carbocycles. The third-order valence-corrected chi connectivity index (χ3v) is 2.60. The lowest BCUT2D eigenvalue weighted by Gasteiger charge is -2.29. The standard InChI is InChI=1S/C11H19NO2/c1-3-4-9(2)11(14)12-7-5-10(13)6-8-12/h4,10,13H,3,5-8H2,1-2H3/b9-4+. The summed E-state index contributed by atoms with van der Waals surface area (Å²) < 4.78 is 0. The third kappa shape index (κ3) is 2.84. The number of likely N-dealkylation sites (tertiary alicyclic amines) is 1. The minimum absolute atomic E-state index is 0.124. The molecular weight excluding hydrogens is 178 g/mol. The first-order valence-corrected chi connectivity index (χ1v) is 5.29. The minimum Gasteiger partial charge on any atom is -0.393 e. The van der Waals surface area contributed by atoms with Crippen LogP contribution in [-0.4, -0.2) is 35.1 Å². The highest BCUT2D eigenvalue weighted by Gasteiger charge is 2.21. The number of carbonyl (C=O) groups is 1. The summed E-state index contributed by atoms with van der Waals surface area (Å²) in [6.45, 7) is 5.26. The van der Waals surface area contributed by atoms with Gasteiger partial charge in [0, 0.05) is 18.7 Å². The van der Waals surface area contributed by atoms with Crippen LogP contribution >= 0.6 is 0 Å². The van der Waals surface area contributed by atoms with Crippen molar-refractivity contribution < 1.29 is 9.90 Å². The molecule has 0 spiro atoms. The van der Waals surface area contributed by atoms with E-state index in [4.69, 9.17) is 0 Å². The van der Waals surface area contributed by atoms with Gasteiger partial charge in [-0.1, -0.05) is 13.0 Å². The molecule has 1 aliphatic rings. The number of aliphatic hydroxyl groups is 1. The van der Waals surface area contributed by atoms with Gasteiger partial charge in [0.1, 0.15) is 0 Å². The SMILES string of the molecule is CC/C=C(\C)C(=O)N1CCC(O)CC1. The first-order valence-electron chi connectivity index (χ1n) is 5.29. The lowest BCUT2D eigenvalue weighted by molar-refractivity contribution is -0.129. The van der Waals surface area contributed by atoms with Crippen LogP contribution in [0.4, 0.5) is 0 Å². The lowest BCUT2D eigenvalue weighted by Crippen LogP contribution is -2.40. The maximum absolute atomic E-state index is 11.8. The molecule has 1 fully saturated rings. The van der Waals surface area contributed by atoms with Crippen LogP contribution < -0.4 is 0 Å². The second-order valence-corrected chi connectivity index (χ2v) is 3.82. The number of aliphatic hydroxyl groups excluding tert-OH is 1. The number of rotatable bonds is 2. The van der Waals surface area contributed by atoms with Gasteiger partial charge in [-0.15, -0.1) is 0 Å². The van der Waals surface area contributed by atoms with Crippen molar-refractivity contribution in [3.8, 4) is 0 Å². The maximum atomic E-state index is 11.8. The molecular formula is C11H19NO2. The fourth-order valence-corrected chi connectivity index (χ4v) is 1.71. The van der Waals surface area contributed by atoms with Gasteiger partial charge in [-0.2, -0.15) is 0 Å². The molecule has 0 aromatic heterocycles. The normalized spacial score (nSPS) is 19.9. The molecule has 1 aliphatic heterocycles. The van der Waals surface area contributed by atoms with Crippen molar-refractivity contribution in [1.29, 1.82) is 0 Å². The van der Waals surface area contributed by atoms with Gasteiger partial charge in [-0.3, -0.25) is 4.79 Å². The summed E-state index contributed by atoms with van der Waals surface area (Å²) in [6, 6.07) is 0. The number of piperidine rings is 1. The van der Waals surface area contributed by atoms with Crippen LogP contribution in [0.1, 0.15) is 33.1 Å². The van der Waals surface area contributed by atoms with Crippen molar-refractivity contribution in [1.82, 2.24) is 4.90 Å². The summed E-state index contributed by atoms with van der Waals surface area (Å²) in [5.41, 5.74) is 0.823. The molecule has 0 aromatic carbocycles. The fraction of sp³-hybridized carbons (Fsp3) is 0.727. The molecule has 14 heavy (non-hydrogen) atoms. The van der Waals surface area contributed by atoms with Crippen LogP contribution in [-0.2, 0) is 4.79 Å². The molecule has 1 N–H and O–H groups in total. The van der Waals surface area contributed by atoms with E-state index in [2.05, 4.69) is 0 Å². The second-order valence-electron chi connectivity index (χ2n) is 3.82. The monoisotopic (exact) mass is 197 g/mol. The van der Waals surface area contributed by atoms with Crippen LogP contribution in [0.2, 0.25) is 0 Å². The second kappa shape index (κ2) is 5.15. The van der Waals surface area contributed by atoms with Crippen LogP contribution in [0.25, 0.3) is 0 Å². The molecule has 0 aromatic rings. The molecule has 0 unspecified atom stereocenters. The number of nitrogens with zero attached hydrogens (tertiary/aromatic N) is 1. The van der Waals surface area contributed by atoms with Crippen molar-refractivity contribution >= 4 is 5.91 Å². The molecule has 80 valence electrons. The van der Waals surface area contributed by atoms with Crippen LogP contribution in [0, 0.1) is 0 Å². The highest BCUT2D eigenvalue weighted by atomic mass is 16.3. The Morgan fingerprint density at radius 3 is 2.57 bits per heavy atom. The quantitative estimate of drug-likeness (QED) is 0.678. The smallest absolute Gasteiger partial charge is 0.249 e. The Morgan fingerprint density at radius 2 is 2.07 bits per heavy atom. The van der Waals surface area contributed by atoms with Gasteiger partial charge in [0.05, 0.1) is 6.10 Å². The zero-order valence-electron chi connectivity index (χ0n) is 8.99. The summed E-state index contributed by atoms with van der Waals surface area (Å²) in [6.07, 6.45) is 4.06. The Kier molecular flexibility index (Phi) is 4.14. The Bertz CT molecular complexity index is 227. The average molecular weight is 197 g/mol. The average Bonchev–Trinajstić information content (AvgIpc) is 2.18. The number of amides is 1. The first kappa shape index (κ1) is 11.2. The topological polar surface area (TPSA) is 40.5 Å². The molecule has 0 radical (unpaired) electrons. The lowest BCUT2D eigenvalue weighted by atomic mass is 10.1. The Hall–Kier alpha value is -0.830. The molecule has 1 saturated heterocycles. The van der Waals surface area contributed by atoms with E-state index in [9.17, 15) is 9.90 Å². The fourth-order valence-electron chi connectivity index (χ4n) is 1.71. The van der Waals surface area contributed by atoms with Crippen LogP contribution in [0.3, 0.4) is 0 Å². The van der Waals surface area contributed by atoms with Gasteiger partial charge in [0.25, 0.3) is 0 Å². The summed E-state index contributed by atoms with van der Waals surface area (Å²) in [5, 5.41) is 9.30. The van der Waals surface area contributed by atoms with E-state index in [1.165, 1.54) is 0 Å². The number of allylic oxidation sites excluding steroid dienone is 1. The molecule has 0 atom stereocenters. The van der Waals surface area contributed by atoms with Gasteiger partial charge in [0.15, 0.2) is 0 Å². The number of hydrogen-bond acceptors (Lipinski definition) is 2. The molecule has 1 amide bonds. The van der Waals surface area contributed by atoms with Gasteiger partial charge in [-0.25, -0.2) is 0 Å². The van der Waals surface area contributed by atoms with E-state index in [1.807, 2.05) is 24.8 Å². The van der Waals surface area contributed by atoms with Gasteiger partial charge in [0.2, 0.25) is 5.91 Å². The van der Waals surface area contributed by atoms with Crippen molar-refractivity contribution in [3.05, 3.63) is 11.6 Å². The van der Waals surface area contributed by atoms with Crippen LogP contribution in [0.5, 0.6) is 0 Å². The Morgan fingerprint density at radius 1 is 1.50 bits per heavy atom. The van der Waals surface area contributed by atoms with Crippen molar-refractivity contribution in [2.45, 2.75) is 39.2 Å². The molecule has 1 heterocycles. The number of hydrogen-bond donors (Lipinski definition) is 1. The molecule has 3 nitrogen and oxygen atoms in total. The van der Waals surface area contributed by atoms with E-state index in [0.717, 1.165) is 12.0 Å². The van der Waals surface area contributed by atoms with Crippen molar-refractivity contribution in [2.75, 3.05) is 13.1 Å². The van der Waals surface area contributed by atoms with Crippen molar-refractivity contribution in [3.63, 3.8) is 0 Å². The Balaban J connectivity index is 2.49. The Labute approximate surface area is 85.4 Å². The van der Waals surface area contributed by atoms with Crippen molar-refractivity contribution in [2.24, 2.45) is 0 Å². The van der Waals surface area contributed by atoms with E-state index in [1.54, 1.807) is 0 Å². The largest absolute Gasteiger partial charge is 0.393 e. The van der Waals surface area contributed by atoms with Gasteiger partial charge in [-0.05, 0) is 26.2 Å². The molecule has 1 rings (SSSR count). The summed E-state index contributed by atoms with van der Waals surface area (Å²) in [4.78, 5) is 13.6. The van der Waals surface area contributed by atoms with Gasteiger partial charge < -0.3 is 10.0 Å². The molecule has 0 bridgehead atoms. The third-order valence-electron chi connectivity index (χ3n) is 2.60. The predicted molar refractivity (Wildman–Crippen MR) is 55.9 cm³/mol. The van der Waals surface area contributed by atoms with Crippen LogP contribution in [0.15, 0.2) is 11.6 Å². The van der Waals surface area contributed by atoms with Gasteiger partial charge >= 0.3 is 0 Å². The summed E-state index contributed by atoms with van der Waals surface area (Å²) in [5.74, 6) is 0.124. The zero-order valence-corrected chi connectivity index (χ0v) is 8.99. The number of carbonyl (C=O) groups excluding carboxylic acids is 1. The molecule has 0 saturated carbocycles. The maximum Gasteiger partial charge on any atom is 0.249 e. The first-order chi connectivity index (χ1) is 6.65. The van der Waals surface area contributed by atoms with E-state index < -0.39 is 0 Å². The van der Waals surface area contributed by atoms with E-state index >= 15 is 0 Å². The highest BCUT2D eigenvalue weighted by Crippen LogP contribution is 2.12. The van der Waals surface area contributed by atoms with E-state index in [-0.39, 0.29) is 12.0 Å². The zero-order chi connectivity index (χ0) is 10.6. The summed E-state index contributed by atoms with van der Waals surface area (Å²) in [7, 11) is 0. The predicted octanol–water partition coefficient (Wildman–Crippen LogP) is 1.33. The summed E-state index contributed by atoms with van der Waals surface area (Å²) >= 11 is 0. The molecule has 3 heteroatoms. The van der Waals surface area contributed by atoms with E-state index in [0.29, 0.717) is 25.9 Å². The highest BCUT2D eigenvalue weighted by molar-refractivity contribution is 5.92.